The van der Waals surface area contributed by atoms with Crippen molar-refractivity contribution in [3.8, 4) is 11.3 Å². The van der Waals surface area contributed by atoms with Crippen molar-refractivity contribution in [1.82, 2.24) is 14.6 Å². The van der Waals surface area contributed by atoms with Crippen molar-refractivity contribution in [2.45, 2.75) is 32.7 Å². The van der Waals surface area contributed by atoms with E-state index in [0.29, 0.717) is 0 Å². The van der Waals surface area contributed by atoms with Crippen molar-refractivity contribution in [3.05, 3.63) is 45.2 Å². The van der Waals surface area contributed by atoms with Gasteiger partial charge in [0.15, 0.2) is 5.65 Å². The fraction of sp³-hybridized carbons (Fsp3) is 0.368. The van der Waals surface area contributed by atoms with E-state index in [1.807, 2.05) is 11.4 Å². The Balaban J connectivity index is 1.95. The van der Waals surface area contributed by atoms with Gasteiger partial charge in [0.05, 0.1) is 27.6 Å². The Kier molecular flexibility index (Phi) is 4.41. The van der Waals surface area contributed by atoms with Gasteiger partial charge in [0.2, 0.25) is 0 Å². The summed E-state index contributed by atoms with van der Waals surface area (Å²) in [5.74, 6) is 0.929. The lowest BCUT2D eigenvalue weighted by Crippen LogP contribution is -2.32. The first kappa shape index (κ1) is 16.8. The zero-order valence-corrected chi connectivity index (χ0v) is 16.6. The third-order valence-corrected chi connectivity index (χ3v) is 6.14. The van der Waals surface area contributed by atoms with Gasteiger partial charge in [-0.2, -0.15) is 5.10 Å². The number of rotatable bonds is 3. The zero-order chi connectivity index (χ0) is 17.6. The average Bonchev–Trinajstić information content (AvgIpc) is 3.19. The second-order valence-electron chi connectivity index (χ2n) is 6.68. The Labute approximate surface area is 160 Å². The van der Waals surface area contributed by atoms with Crippen molar-refractivity contribution in [2.75, 3.05) is 18.1 Å². The number of aryl methyl sites for hydroxylation is 2. The Morgan fingerprint density at radius 2 is 2.12 bits per heavy atom. The van der Waals surface area contributed by atoms with Crippen LogP contribution < -0.4 is 4.90 Å². The van der Waals surface area contributed by atoms with E-state index < -0.39 is 0 Å². The van der Waals surface area contributed by atoms with Gasteiger partial charge in [0.1, 0.15) is 5.82 Å². The molecule has 4 rings (SSSR count). The molecule has 1 aliphatic rings. The number of aliphatic hydroxyl groups excluding tert-OH is 1. The van der Waals surface area contributed by atoms with Crippen LogP contribution in [0.1, 0.15) is 24.1 Å². The highest BCUT2D eigenvalue weighted by molar-refractivity contribution is 14.1. The lowest BCUT2D eigenvalue weighted by atomic mass is 10.1. The van der Waals surface area contributed by atoms with E-state index in [-0.39, 0.29) is 12.6 Å². The number of nitrogens with zero attached hydrogens (tertiary/aromatic N) is 4. The van der Waals surface area contributed by atoms with Gasteiger partial charge in [-0.1, -0.05) is 23.8 Å². The normalized spacial score (nSPS) is 17.6. The van der Waals surface area contributed by atoms with Crippen LogP contribution in [0, 0.1) is 17.4 Å². The molecule has 5 nitrogen and oxygen atoms in total. The molecule has 2 aromatic heterocycles. The van der Waals surface area contributed by atoms with Crippen LogP contribution in [0.15, 0.2) is 30.3 Å². The molecule has 0 spiro atoms. The van der Waals surface area contributed by atoms with Gasteiger partial charge in [-0.05, 0) is 55.3 Å². The maximum Gasteiger partial charge on any atom is 0.171 e. The van der Waals surface area contributed by atoms with Gasteiger partial charge in [-0.3, -0.25) is 0 Å². The summed E-state index contributed by atoms with van der Waals surface area (Å²) in [7, 11) is 0. The molecule has 0 amide bonds. The SMILES string of the molecule is Cc1cccc(-c2cc(N3CCC[C@H]3CO)nc3c(I)c(C)nn23)c1. The molecule has 0 aliphatic carbocycles. The van der Waals surface area contributed by atoms with Crippen LogP contribution in [0.3, 0.4) is 0 Å². The molecule has 1 fully saturated rings. The van der Waals surface area contributed by atoms with E-state index in [9.17, 15) is 5.11 Å². The number of hydrogen-bond acceptors (Lipinski definition) is 4. The molecule has 1 aromatic carbocycles. The van der Waals surface area contributed by atoms with Crippen molar-refractivity contribution in [1.29, 1.82) is 0 Å². The van der Waals surface area contributed by atoms with Crippen LogP contribution in [0.25, 0.3) is 16.9 Å². The summed E-state index contributed by atoms with van der Waals surface area (Å²) < 4.78 is 3.02. The summed E-state index contributed by atoms with van der Waals surface area (Å²) >= 11 is 2.32. The van der Waals surface area contributed by atoms with E-state index in [2.05, 4.69) is 64.7 Å². The maximum absolute atomic E-state index is 9.70. The number of anilines is 1. The van der Waals surface area contributed by atoms with E-state index in [0.717, 1.165) is 51.4 Å². The fourth-order valence-electron chi connectivity index (χ4n) is 3.57. The Morgan fingerprint density at radius 1 is 1.28 bits per heavy atom. The molecule has 1 N–H and O–H groups in total. The van der Waals surface area contributed by atoms with E-state index in [4.69, 9.17) is 10.1 Å². The summed E-state index contributed by atoms with van der Waals surface area (Å²) in [5.41, 5.74) is 5.26. The van der Waals surface area contributed by atoms with Crippen LogP contribution >= 0.6 is 22.6 Å². The monoisotopic (exact) mass is 448 g/mol. The predicted octanol–water partition coefficient (Wildman–Crippen LogP) is 3.58. The second kappa shape index (κ2) is 6.57. The smallest absolute Gasteiger partial charge is 0.171 e. The molecule has 0 saturated carbocycles. The first-order valence-corrected chi connectivity index (χ1v) is 9.67. The Hall–Kier alpha value is -1.67. The lowest BCUT2D eigenvalue weighted by Gasteiger charge is -2.25. The molecule has 3 heterocycles. The fourth-order valence-corrected chi connectivity index (χ4v) is 4.03. The van der Waals surface area contributed by atoms with E-state index in [1.54, 1.807) is 0 Å². The summed E-state index contributed by atoms with van der Waals surface area (Å²) in [6.07, 6.45) is 2.10. The summed E-state index contributed by atoms with van der Waals surface area (Å²) in [4.78, 5) is 7.13. The van der Waals surface area contributed by atoms with Crippen molar-refractivity contribution in [3.63, 3.8) is 0 Å². The summed E-state index contributed by atoms with van der Waals surface area (Å²) in [5, 5.41) is 14.4. The van der Waals surface area contributed by atoms with Crippen molar-refractivity contribution < 1.29 is 5.11 Å². The number of aliphatic hydroxyl groups is 1. The summed E-state index contributed by atoms with van der Waals surface area (Å²) in [6, 6.07) is 10.7. The molecule has 0 bridgehead atoms. The molecule has 0 radical (unpaired) electrons. The van der Waals surface area contributed by atoms with Gasteiger partial charge >= 0.3 is 0 Å². The molecular formula is C19H21IN4O. The maximum atomic E-state index is 9.70. The van der Waals surface area contributed by atoms with Gasteiger partial charge in [-0.25, -0.2) is 9.50 Å². The molecule has 1 aliphatic heterocycles. The Morgan fingerprint density at radius 3 is 2.88 bits per heavy atom. The first-order chi connectivity index (χ1) is 12.1. The van der Waals surface area contributed by atoms with E-state index >= 15 is 0 Å². The molecule has 6 heteroatoms. The van der Waals surface area contributed by atoms with Crippen molar-refractivity contribution >= 4 is 34.1 Å². The zero-order valence-electron chi connectivity index (χ0n) is 14.4. The second-order valence-corrected chi connectivity index (χ2v) is 7.75. The van der Waals surface area contributed by atoms with Crippen LogP contribution in [0.2, 0.25) is 0 Å². The minimum absolute atomic E-state index is 0.155. The number of aromatic nitrogens is 3. The number of halogens is 1. The quantitative estimate of drug-likeness (QED) is 0.623. The van der Waals surface area contributed by atoms with Gasteiger partial charge in [0, 0.05) is 18.2 Å². The standard InChI is InChI=1S/C19H21IN4O/c1-12-5-3-6-14(9-12)16-10-17(23-8-4-7-15(23)11-25)21-19-18(20)13(2)22-24(16)19/h3,5-6,9-10,15,25H,4,7-8,11H2,1-2H3/t15-/m0/s1. The molecule has 3 aromatic rings. The number of benzene rings is 1. The largest absolute Gasteiger partial charge is 0.394 e. The third kappa shape index (κ3) is 2.91. The highest BCUT2D eigenvalue weighted by Gasteiger charge is 2.26. The molecule has 1 atom stereocenters. The lowest BCUT2D eigenvalue weighted by molar-refractivity contribution is 0.266. The number of hydrogen-bond donors (Lipinski definition) is 1. The van der Waals surface area contributed by atoms with Crippen LogP contribution in [-0.2, 0) is 0 Å². The van der Waals surface area contributed by atoms with Crippen LogP contribution in [-0.4, -0.2) is 38.9 Å². The third-order valence-electron chi connectivity index (χ3n) is 4.88. The van der Waals surface area contributed by atoms with Crippen LogP contribution in [0.5, 0.6) is 0 Å². The minimum atomic E-state index is 0.155. The topological polar surface area (TPSA) is 53.7 Å². The van der Waals surface area contributed by atoms with Gasteiger partial charge < -0.3 is 10.0 Å². The minimum Gasteiger partial charge on any atom is -0.394 e. The van der Waals surface area contributed by atoms with Crippen molar-refractivity contribution in [2.24, 2.45) is 0 Å². The molecule has 25 heavy (non-hydrogen) atoms. The Bertz CT molecular complexity index is 937. The molecule has 0 unspecified atom stereocenters. The summed E-state index contributed by atoms with van der Waals surface area (Å²) in [6.45, 7) is 5.22. The predicted molar refractivity (Wildman–Crippen MR) is 108 cm³/mol. The molecule has 1 saturated heterocycles. The highest BCUT2D eigenvalue weighted by atomic mass is 127. The van der Waals surface area contributed by atoms with E-state index in [1.165, 1.54) is 5.56 Å². The van der Waals surface area contributed by atoms with Crippen LogP contribution in [0.4, 0.5) is 5.82 Å². The van der Waals surface area contributed by atoms with Gasteiger partial charge in [0.25, 0.3) is 0 Å². The first-order valence-electron chi connectivity index (χ1n) is 8.59. The van der Waals surface area contributed by atoms with Gasteiger partial charge in [-0.15, -0.1) is 0 Å². The highest BCUT2D eigenvalue weighted by Crippen LogP contribution is 2.31. The average molecular weight is 448 g/mol. The molecular weight excluding hydrogens is 427 g/mol. The number of fused-ring (bicyclic) bond motifs is 1. The molecule has 130 valence electrons.